The minimum absolute atomic E-state index is 0.00542. The summed E-state index contributed by atoms with van der Waals surface area (Å²) in [5.41, 5.74) is 2.03. The maximum absolute atomic E-state index is 13.1. The zero-order chi connectivity index (χ0) is 21.6. The Morgan fingerprint density at radius 3 is 2.47 bits per heavy atom. The molecule has 0 bridgehead atoms. The summed E-state index contributed by atoms with van der Waals surface area (Å²) in [6, 6.07) is 13.6. The molecule has 154 valence electrons. The molecule has 4 rings (SSSR count). The van der Waals surface area contributed by atoms with Gasteiger partial charge in [0.25, 0.3) is 0 Å². The molecule has 0 saturated heterocycles. The number of ether oxygens (including phenoxy) is 1. The molecule has 0 saturated carbocycles. The van der Waals surface area contributed by atoms with Gasteiger partial charge in [-0.15, -0.1) is 0 Å². The summed E-state index contributed by atoms with van der Waals surface area (Å²) in [4.78, 5) is 12.3. The summed E-state index contributed by atoms with van der Waals surface area (Å²) in [6.07, 6.45) is -4.44. The van der Waals surface area contributed by atoms with Gasteiger partial charge < -0.3 is 14.4 Å². The van der Waals surface area contributed by atoms with E-state index < -0.39 is 17.7 Å². The number of aromatic hydroxyl groups is 1. The Morgan fingerprint density at radius 2 is 1.77 bits per heavy atom. The molecule has 3 aromatic carbocycles. The van der Waals surface area contributed by atoms with Gasteiger partial charge in [-0.2, -0.15) is 13.2 Å². The second kappa shape index (κ2) is 7.09. The van der Waals surface area contributed by atoms with Gasteiger partial charge in [0, 0.05) is 11.9 Å². The average molecular weight is 413 g/mol. The number of aromatic nitrogens is 1. The Hall–Kier alpha value is -3.48. The van der Waals surface area contributed by atoms with Crippen molar-refractivity contribution in [1.82, 2.24) is 4.57 Å². The standard InChI is InChI=1S/C23H18F3NO3/c1-13-9-18-21(19(28)10-13)20-16(22(29)30-2)7-4-8-17(20)27(18)12-14-5-3-6-15(11-14)23(24,25)26/h3-11,28H,12H2,1-2H3. The van der Waals surface area contributed by atoms with Gasteiger partial charge in [-0.3, -0.25) is 0 Å². The van der Waals surface area contributed by atoms with Crippen LogP contribution in [-0.2, 0) is 17.5 Å². The molecule has 1 heterocycles. The predicted octanol–water partition coefficient (Wildman–Crippen LogP) is 5.66. The van der Waals surface area contributed by atoms with E-state index in [0.717, 1.165) is 17.7 Å². The largest absolute Gasteiger partial charge is 0.507 e. The molecule has 1 N–H and O–H groups in total. The van der Waals surface area contributed by atoms with Crippen LogP contribution >= 0.6 is 0 Å². The normalized spacial score (nSPS) is 11.9. The van der Waals surface area contributed by atoms with Gasteiger partial charge in [0.1, 0.15) is 5.75 Å². The van der Waals surface area contributed by atoms with Crippen molar-refractivity contribution < 1.29 is 27.8 Å². The summed E-state index contributed by atoms with van der Waals surface area (Å²) in [5.74, 6) is -0.562. The number of alkyl halides is 3. The monoisotopic (exact) mass is 413 g/mol. The van der Waals surface area contributed by atoms with E-state index in [1.54, 1.807) is 34.9 Å². The lowest BCUT2D eigenvalue weighted by atomic mass is 10.0. The lowest BCUT2D eigenvalue weighted by Gasteiger charge is -2.12. The summed E-state index contributed by atoms with van der Waals surface area (Å²) in [6.45, 7) is 1.95. The number of benzene rings is 3. The zero-order valence-corrected chi connectivity index (χ0v) is 16.2. The van der Waals surface area contributed by atoms with Gasteiger partial charge in [-0.25, -0.2) is 4.79 Å². The van der Waals surface area contributed by atoms with Crippen molar-refractivity contribution in [3.05, 3.63) is 76.9 Å². The maximum Gasteiger partial charge on any atom is 0.416 e. The fourth-order valence-corrected chi connectivity index (χ4v) is 3.85. The first-order valence-electron chi connectivity index (χ1n) is 9.19. The van der Waals surface area contributed by atoms with Gasteiger partial charge in [0.15, 0.2) is 0 Å². The summed E-state index contributed by atoms with van der Waals surface area (Å²) < 4.78 is 46.1. The van der Waals surface area contributed by atoms with Crippen LogP contribution in [-0.4, -0.2) is 22.8 Å². The number of halogens is 3. The average Bonchev–Trinajstić information content (AvgIpc) is 3.01. The number of fused-ring (bicyclic) bond motifs is 3. The lowest BCUT2D eigenvalue weighted by Crippen LogP contribution is -2.07. The zero-order valence-electron chi connectivity index (χ0n) is 16.2. The lowest BCUT2D eigenvalue weighted by molar-refractivity contribution is -0.137. The number of methoxy groups -OCH3 is 1. The van der Waals surface area contributed by atoms with Gasteiger partial charge in [-0.05, 0) is 54.4 Å². The first-order valence-corrected chi connectivity index (χ1v) is 9.19. The third kappa shape index (κ3) is 3.26. The van der Waals surface area contributed by atoms with Crippen LogP contribution in [0.3, 0.4) is 0 Å². The molecule has 0 aliphatic rings. The molecule has 4 aromatic rings. The third-order valence-electron chi connectivity index (χ3n) is 5.12. The van der Waals surface area contributed by atoms with E-state index in [4.69, 9.17) is 4.74 Å². The molecule has 0 aliphatic heterocycles. The van der Waals surface area contributed by atoms with Gasteiger partial charge >= 0.3 is 12.1 Å². The Morgan fingerprint density at radius 1 is 1.03 bits per heavy atom. The molecule has 4 nitrogen and oxygen atoms in total. The number of hydrogen-bond acceptors (Lipinski definition) is 3. The number of aryl methyl sites for hydroxylation is 1. The predicted molar refractivity (Wildman–Crippen MR) is 108 cm³/mol. The Balaban J connectivity index is 2.01. The molecule has 0 unspecified atom stereocenters. The molecule has 1 aromatic heterocycles. The first kappa shape index (κ1) is 19.8. The van der Waals surface area contributed by atoms with Crippen molar-refractivity contribution in [3.63, 3.8) is 0 Å². The molecule has 0 aliphatic carbocycles. The number of carbonyl (C=O) groups is 1. The highest BCUT2D eigenvalue weighted by atomic mass is 19.4. The van der Waals surface area contributed by atoms with Gasteiger partial charge in [0.2, 0.25) is 0 Å². The summed E-state index contributed by atoms with van der Waals surface area (Å²) in [5, 5.41) is 11.6. The number of phenolic OH excluding ortho intramolecular Hbond substituents is 1. The van der Waals surface area contributed by atoms with E-state index in [-0.39, 0.29) is 17.9 Å². The molecular formula is C23H18F3NO3. The molecule has 0 amide bonds. The van der Waals surface area contributed by atoms with Crippen LogP contribution in [0.5, 0.6) is 5.75 Å². The fourth-order valence-electron chi connectivity index (χ4n) is 3.85. The van der Waals surface area contributed by atoms with E-state index in [9.17, 15) is 23.1 Å². The topological polar surface area (TPSA) is 51.5 Å². The van der Waals surface area contributed by atoms with Crippen LogP contribution in [0.4, 0.5) is 13.2 Å². The van der Waals surface area contributed by atoms with Crippen molar-refractivity contribution in [2.75, 3.05) is 7.11 Å². The highest BCUT2D eigenvalue weighted by molar-refractivity contribution is 6.19. The molecular weight excluding hydrogens is 395 g/mol. The van der Waals surface area contributed by atoms with Crippen LogP contribution in [0, 0.1) is 6.92 Å². The van der Waals surface area contributed by atoms with Gasteiger partial charge in [0.05, 0.1) is 34.7 Å². The van der Waals surface area contributed by atoms with E-state index in [1.807, 2.05) is 13.0 Å². The van der Waals surface area contributed by atoms with Crippen LogP contribution in [0.2, 0.25) is 0 Å². The van der Waals surface area contributed by atoms with Crippen LogP contribution in [0.1, 0.15) is 27.0 Å². The van der Waals surface area contributed by atoms with Crippen LogP contribution in [0.25, 0.3) is 21.8 Å². The van der Waals surface area contributed by atoms with Crippen molar-refractivity contribution >= 4 is 27.8 Å². The summed E-state index contributed by atoms with van der Waals surface area (Å²) >= 11 is 0. The number of carbonyl (C=O) groups excluding carboxylic acids is 1. The second-order valence-electron chi connectivity index (χ2n) is 7.15. The maximum atomic E-state index is 13.1. The van der Waals surface area contributed by atoms with Crippen LogP contribution < -0.4 is 0 Å². The SMILES string of the molecule is COC(=O)c1cccc2c1c1c(O)cc(C)cc1n2Cc1cccc(C(F)(F)F)c1. The quantitative estimate of drug-likeness (QED) is 0.441. The first-order chi connectivity index (χ1) is 14.2. The van der Waals surface area contributed by atoms with Crippen molar-refractivity contribution in [2.45, 2.75) is 19.6 Å². The second-order valence-corrected chi connectivity index (χ2v) is 7.15. The Kier molecular flexibility index (Phi) is 4.68. The minimum atomic E-state index is -4.44. The highest BCUT2D eigenvalue weighted by Crippen LogP contribution is 2.39. The number of hydrogen-bond donors (Lipinski definition) is 1. The molecule has 0 radical (unpaired) electrons. The van der Waals surface area contributed by atoms with Crippen molar-refractivity contribution in [1.29, 1.82) is 0 Å². The molecule has 0 atom stereocenters. The van der Waals surface area contributed by atoms with Gasteiger partial charge in [-0.1, -0.05) is 18.2 Å². The highest BCUT2D eigenvalue weighted by Gasteiger charge is 2.30. The number of nitrogens with zero attached hydrogens (tertiary/aromatic N) is 1. The molecule has 0 fully saturated rings. The van der Waals surface area contributed by atoms with Crippen molar-refractivity contribution in [2.24, 2.45) is 0 Å². The third-order valence-corrected chi connectivity index (χ3v) is 5.12. The molecule has 7 heteroatoms. The number of esters is 1. The smallest absolute Gasteiger partial charge is 0.416 e. The summed E-state index contributed by atoms with van der Waals surface area (Å²) in [7, 11) is 1.27. The Bertz CT molecular complexity index is 1290. The number of rotatable bonds is 3. The van der Waals surface area contributed by atoms with E-state index >= 15 is 0 Å². The van der Waals surface area contributed by atoms with Crippen LogP contribution in [0.15, 0.2) is 54.6 Å². The van der Waals surface area contributed by atoms with E-state index in [1.165, 1.54) is 13.2 Å². The minimum Gasteiger partial charge on any atom is -0.507 e. The molecule has 0 spiro atoms. The van der Waals surface area contributed by atoms with Crippen molar-refractivity contribution in [3.8, 4) is 5.75 Å². The molecule has 30 heavy (non-hydrogen) atoms. The fraction of sp³-hybridized carbons (Fsp3) is 0.174. The Labute approximate surface area is 170 Å². The van der Waals surface area contributed by atoms with E-state index in [0.29, 0.717) is 27.4 Å². The number of phenols is 1. The van der Waals surface area contributed by atoms with E-state index in [2.05, 4.69) is 0 Å².